The molecule has 0 bridgehead atoms. The monoisotopic (exact) mass is 447 g/mol. The van der Waals surface area contributed by atoms with Gasteiger partial charge in [-0.1, -0.05) is 6.07 Å². The van der Waals surface area contributed by atoms with Crippen molar-refractivity contribution >= 4 is 34.9 Å². The number of hydrogen-bond acceptors (Lipinski definition) is 11. The van der Waals surface area contributed by atoms with Gasteiger partial charge < -0.3 is 23.8 Å². The number of nitrogens with zero attached hydrogens (tertiary/aromatic N) is 3. The summed E-state index contributed by atoms with van der Waals surface area (Å²) in [6.45, 7) is 4.76. The van der Waals surface area contributed by atoms with Crippen molar-refractivity contribution in [2.24, 2.45) is 0 Å². The van der Waals surface area contributed by atoms with Crippen LogP contribution in [0.2, 0.25) is 0 Å². The zero-order valence-electron chi connectivity index (χ0n) is 18.0. The maximum absolute atomic E-state index is 12.2. The summed E-state index contributed by atoms with van der Waals surface area (Å²) in [5.74, 6) is -2.57. The van der Waals surface area contributed by atoms with Crippen molar-refractivity contribution in [2.45, 2.75) is 34.0 Å². The number of carbonyl (C=O) groups excluding carboxylic acids is 4. The molecule has 0 N–H and O–H groups in total. The molecule has 0 saturated heterocycles. The van der Waals surface area contributed by atoms with Crippen molar-refractivity contribution in [1.29, 1.82) is 0 Å². The van der Waals surface area contributed by atoms with Gasteiger partial charge in [0.25, 0.3) is 12.2 Å². The summed E-state index contributed by atoms with van der Waals surface area (Å²) in [6, 6.07) is 4.85. The molecule has 3 rings (SSSR count). The Morgan fingerprint density at radius 1 is 1.09 bits per heavy atom. The predicted octanol–water partition coefficient (Wildman–Crippen LogP) is 1.69. The van der Waals surface area contributed by atoms with Crippen LogP contribution in [-0.2, 0) is 38.2 Å². The zero-order chi connectivity index (χ0) is 23.6. The molecule has 0 aliphatic carbocycles. The van der Waals surface area contributed by atoms with E-state index in [0.717, 1.165) is 18.9 Å². The SMILES string of the molecule is COC(=O)c1cccc2c1nc(C)n2C1OC(COC(C)=O)=C(OC(C)=O)N1OC(C)=O. The number of aryl methyl sites for hydroxylation is 1. The normalized spacial score (nSPS) is 15.4. The Balaban J connectivity index is 2.14. The van der Waals surface area contributed by atoms with Gasteiger partial charge in [-0.25, -0.2) is 9.78 Å². The number of esters is 3. The molecule has 0 saturated carbocycles. The summed E-state index contributed by atoms with van der Waals surface area (Å²) < 4.78 is 22.4. The average molecular weight is 447 g/mol. The fourth-order valence-electron chi connectivity index (χ4n) is 3.12. The number of hydroxylamine groups is 2. The van der Waals surface area contributed by atoms with Crippen LogP contribution in [0, 0.1) is 6.92 Å². The van der Waals surface area contributed by atoms with Crippen LogP contribution in [0.15, 0.2) is 29.8 Å². The second kappa shape index (κ2) is 8.96. The van der Waals surface area contributed by atoms with Gasteiger partial charge in [0.15, 0.2) is 6.61 Å². The molecule has 0 fully saturated rings. The molecule has 12 heteroatoms. The van der Waals surface area contributed by atoms with E-state index in [0.29, 0.717) is 16.9 Å². The number of carbonyl (C=O) groups is 4. The van der Waals surface area contributed by atoms with Crippen LogP contribution in [0.1, 0.15) is 43.3 Å². The number of benzene rings is 1. The number of fused-ring (bicyclic) bond motifs is 1. The van der Waals surface area contributed by atoms with E-state index in [2.05, 4.69) is 4.98 Å². The molecule has 170 valence electrons. The summed E-state index contributed by atoms with van der Waals surface area (Å²) in [6.07, 6.45) is -1.21. The van der Waals surface area contributed by atoms with Crippen molar-refractivity contribution in [1.82, 2.24) is 14.6 Å². The second-order valence-electron chi connectivity index (χ2n) is 6.65. The van der Waals surface area contributed by atoms with Crippen LogP contribution in [0.4, 0.5) is 0 Å². The fraction of sp³-hybridized carbons (Fsp3) is 0.350. The lowest BCUT2D eigenvalue weighted by atomic mass is 10.2. The van der Waals surface area contributed by atoms with Crippen LogP contribution in [-0.4, -0.2) is 52.2 Å². The first-order chi connectivity index (χ1) is 15.1. The molecule has 0 spiro atoms. The average Bonchev–Trinajstić information content (AvgIpc) is 3.21. The van der Waals surface area contributed by atoms with E-state index in [9.17, 15) is 19.2 Å². The first-order valence-corrected chi connectivity index (χ1v) is 9.39. The van der Waals surface area contributed by atoms with E-state index in [-0.39, 0.29) is 23.8 Å². The minimum absolute atomic E-state index is 0.0629. The maximum Gasteiger partial charge on any atom is 0.340 e. The molecule has 32 heavy (non-hydrogen) atoms. The van der Waals surface area contributed by atoms with Gasteiger partial charge in [0.1, 0.15) is 11.3 Å². The van der Waals surface area contributed by atoms with E-state index < -0.39 is 30.2 Å². The highest BCUT2D eigenvalue weighted by Crippen LogP contribution is 2.37. The van der Waals surface area contributed by atoms with Crippen LogP contribution in [0.5, 0.6) is 0 Å². The van der Waals surface area contributed by atoms with Crippen molar-refractivity contribution in [3.05, 3.63) is 41.2 Å². The Labute approximate surface area is 182 Å². The van der Waals surface area contributed by atoms with Gasteiger partial charge in [-0.2, -0.15) is 0 Å². The topological polar surface area (TPSA) is 135 Å². The van der Waals surface area contributed by atoms with E-state index in [4.69, 9.17) is 23.8 Å². The molecule has 1 atom stereocenters. The van der Waals surface area contributed by atoms with Gasteiger partial charge in [0.05, 0.1) is 18.2 Å². The summed E-state index contributed by atoms with van der Waals surface area (Å²) in [5, 5.41) is 0.932. The van der Waals surface area contributed by atoms with E-state index in [1.165, 1.54) is 18.6 Å². The molecule has 0 amide bonds. The molecule has 1 aromatic carbocycles. The van der Waals surface area contributed by atoms with E-state index >= 15 is 0 Å². The maximum atomic E-state index is 12.2. The highest BCUT2D eigenvalue weighted by molar-refractivity contribution is 6.02. The largest absolute Gasteiger partial charge is 0.465 e. The van der Waals surface area contributed by atoms with Crippen LogP contribution < -0.4 is 0 Å². The Hall–Kier alpha value is -4.09. The smallest absolute Gasteiger partial charge is 0.340 e. The van der Waals surface area contributed by atoms with Crippen molar-refractivity contribution in [3.63, 3.8) is 0 Å². The molecule has 2 aromatic rings. The Kier molecular flexibility index (Phi) is 6.32. The van der Waals surface area contributed by atoms with Crippen molar-refractivity contribution < 1.29 is 43.0 Å². The zero-order valence-corrected chi connectivity index (χ0v) is 18.0. The number of methoxy groups -OCH3 is 1. The van der Waals surface area contributed by atoms with Crippen LogP contribution >= 0.6 is 0 Å². The molecule has 0 radical (unpaired) electrons. The number of para-hydroxylation sites is 1. The number of ether oxygens (including phenoxy) is 4. The van der Waals surface area contributed by atoms with E-state index in [1.54, 1.807) is 25.1 Å². The molecule has 1 aliphatic heterocycles. The molecular weight excluding hydrogens is 426 g/mol. The fourth-order valence-corrected chi connectivity index (χ4v) is 3.12. The van der Waals surface area contributed by atoms with Gasteiger partial charge in [-0.05, 0) is 19.1 Å². The molecule has 1 unspecified atom stereocenters. The van der Waals surface area contributed by atoms with E-state index in [1.807, 2.05) is 0 Å². The first kappa shape index (κ1) is 22.6. The van der Waals surface area contributed by atoms with Gasteiger partial charge in [0, 0.05) is 20.8 Å². The lowest BCUT2D eigenvalue weighted by molar-refractivity contribution is -0.235. The Morgan fingerprint density at radius 3 is 2.41 bits per heavy atom. The van der Waals surface area contributed by atoms with Crippen LogP contribution in [0.25, 0.3) is 11.0 Å². The number of rotatable bonds is 6. The van der Waals surface area contributed by atoms with Crippen molar-refractivity contribution in [2.75, 3.05) is 13.7 Å². The highest BCUT2D eigenvalue weighted by atomic mass is 16.8. The van der Waals surface area contributed by atoms with Gasteiger partial charge in [-0.3, -0.25) is 19.0 Å². The standard InChI is InChI=1S/C20H21N3O9/c1-10-21-17-14(19(27)28-5)7-6-8-15(17)22(10)20-23(32-13(4)26)18(30-12(3)25)16(31-20)9-29-11(2)24/h6-8,20H,9H2,1-5H3. The highest BCUT2D eigenvalue weighted by Gasteiger charge is 2.42. The molecule has 1 aliphatic rings. The summed E-state index contributed by atoms with van der Waals surface area (Å²) in [7, 11) is 1.25. The molecular formula is C20H21N3O9. The predicted molar refractivity (Wildman–Crippen MR) is 105 cm³/mol. The van der Waals surface area contributed by atoms with Gasteiger partial charge >= 0.3 is 23.9 Å². The number of aromatic nitrogens is 2. The van der Waals surface area contributed by atoms with Crippen LogP contribution in [0.3, 0.4) is 0 Å². The third-order valence-electron chi connectivity index (χ3n) is 4.28. The molecule has 12 nitrogen and oxygen atoms in total. The molecule has 2 heterocycles. The summed E-state index contributed by atoms with van der Waals surface area (Å²) >= 11 is 0. The van der Waals surface area contributed by atoms with Crippen molar-refractivity contribution in [3.8, 4) is 0 Å². The Bertz CT molecular complexity index is 1130. The lowest BCUT2D eigenvalue weighted by Gasteiger charge is -2.25. The van der Waals surface area contributed by atoms with Gasteiger partial charge in [-0.15, -0.1) is 5.06 Å². The summed E-state index contributed by atoms with van der Waals surface area (Å²) in [5.41, 5.74) is 0.992. The van der Waals surface area contributed by atoms with Gasteiger partial charge in [0.2, 0.25) is 5.76 Å². The first-order valence-electron chi connectivity index (χ1n) is 9.39. The molecule has 1 aromatic heterocycles. The lowest BCUT2D eigenvalue weighted by Crippen LogP contribution is -2.32. The summed E-state index contributed by atoms with van der Waals surface area (Å²) in [4.78, 5) is 56.6. The number of hydrogen-bond donors (Lipinski definition) is 0. The quantitative estimate of drug-likeness (QED) is 0.473. The Morgan fingerprint density at radius 2 is 1.81 bits per heavy atom. The second-order valence-corrected chi connectivity index (χ2v) is 6.65. The third kappa shape index (κ3) is 4.33. The third-order valence-corrected chi connectivity index (χ3v) is 4.28. The number of imidazole rings is 1. The minimum atomic E-state index is -1.21. The minimum Gasteiger partial charge on any atom is -0.465 e.